The first-order valence-corrected chi connectivity index (χ1v) is 7.62. The summed E-state index contributed by atoms with van der Waals surface area (Å²) in [6.45, 7) is 10.4. The Balaban J connectivity index is 1.69. The van der Waals surface area contributed by atoms with Crippen molar-refractivity contribution in [1.82, 2.24) is 9.80 Å². The quantitative estimate of drug-likeness (QED) is 0.732. The van der Waals surface area contributed by atoms with Crippen LogP contribution in [0.25, 0.3) is 0 Å². The second-order valence-electron chi connectivity index (χ2n) is 6.84. The minimum absolute atomic E-state index is 0.0955. The van der Waals surface area contributed by atoms with Crippen molar-refractivity contribution in [2.75, 3.05) is 32.7 Å². The van der Waals surface area contributed by atoms with Gasteiger partial charge in [0, 0.05) is 32.2 Å². The SMILES string of the molecule is CC(C)(C)OC(=O)CN1CCN(C2CCCC2)CC1. The Morgan fingerprint density at radius 2 is 1.68 bits per heavy atom. The second kappa shape index (κ2) is 6.23. The van der Waals surface area contributed by atoms with Crippen molar-refractivity contribution in [3.05, 3.63) is 0 Å². The van der Waals surface area contributed by atoms with Crippen molar-refractivity contribution in [1.29, 1.82) is 0 Å². The zero-order chi connectivity index (χ0) is 13.9. The Hall–Kier alpha value is -0.610. The van der Waals surface area contributed by atoms with Crippen LogP contribution in [0.1, 0.15) is 46.5 Å². The first-order valence-electron chi connectivity index (χ1n) is 7.62. The zero-order valence-electron chi connectivity index (χ0n) is 12.7. The highest BCUT2D eigenvalue weighted by atomic mass is 16.6. The van der Waals surface area contributed by atoms with Gasteiger partial charge in [0.05, 0.1) is 6.54 Å². The van der Waals surface area contributed by atoms with Gasteiger partial charge in [0.25, 0.3) is 0 Å². The van der Waals surface area contributed by atoms with Gasteiger partial charge in [-0.3, -0.25) is 14.6 Å². The molecule has 0 aromatic rings. The zero-order valence-corrected chi connectivity index (χ0v) is 12.7. The van der Waals surface area contributed by atoms with Crippen LogP contribution in [0.5, 0.6) is 0 Å². The van der Waals surface area contributed by atoms with Gasteiger partial charge in [-0.2, -0.15) is 0 Å². The van der Waals surface area contributed by atoms with Crippen LogP contribution in [0.15, 0.2) is 0 Å². The van der Waals surface area contributed by atoms with Crippen LogP contribution in [0.3, 0.4) is 0 Å². The summed E-state index contributed by atoms with van der Waals surface area (Å²) < 4.78 is 5.37. The predicted molar refractivity (Wildman–Crippen MR) is 76.1 cm³/mol. The van der Waals surface area contributed by atoms with Crippen molar-refractivity contribution in [3.63, 3.8) is 0 Å². The Kier molecular flexibility index (Phi) is 4.85. The van der Waals surface area contributed by atoms with Gasteiger partial charge < -0.3 is 4.74 Å². The molecule has 1 saturated carbocycles. The van der Waals surface area contributed by atoms with Crippen molar-refractivity contribution < 1.29 is 9.53 Å². The molecule has 0 aromatic heterocycles. The lowest BCUT2D eigenvalue weighted by Gasteiger charge is -2.37. The predicted octanol–water partition coefficient (Wildman–Crippen LogP) is 1.89. The molecule has 1 aliphatic carbocycles. The van der Waals surface area contributed by atoms with Crippen LogP contribution >= 0.6 is 0 Å². The summed E-state index contributed by atoms with van der Waals surface area (Å²) in [6.07, 6.45) is 5.52. The van der Waals surface area contributed by atoms with E-state index in [9.17, 15) is 4.79 Å². The third-order valence-corrected chi connectivity index (χ3v) is 4.02. The molecule has 110 valence electrons. The van der Waals surface area contributed by atoms with Gasteiger partial charge in [0.1, 0.15) is 5.60 Å². The summed E-state index contributed by atoms with van der Waals surface area (Å²) in [5.74, 6) is -0.0955. The van der Waals surface area contributed by atoms with Crippen LogP contribution in [-0.2, 0) is 9.53 Å². The van der Waals surface area contributed by atoms with Gasteiger partial charge in [-0.1, -0.05) is 12.8 Å². The number of rotatable bonds is 3. The van der Waals surface area contributed by atoms with E-state index < -0.39 is 0 Å². The minimum atomic E-state index is -0.372. The van der Waals surface area contributed by atoms with Gasteiger partial charge >= 0.3 is 5.97 Å². The number of hydrogen-bond donors (Lipinski definition) is 0. The summed E-state index contributed by atoms with van der Waals surface area (Å²) in [7, 11) is 0. The van der Waals surface area contributed by atoms with E-state index in [-0.39, 0.29) is 11.6 Å². The molecule has 2 aliphatic rings. The molecular formula is C15H28N2O2. The maximum Gasteiger partial charge on any atom is 0.320 e. The third kappa shape index (κ3) is 4.77. The van der Waals surface area contributed by atoms with Crippen LogP contribution in [0.4, 0.5) is 0 Å². The van der Waals surface area contributed by atoms with Crippen molar-refractivity contribution in [3.8, 4) is 0 Å². The molecule has 0 spiro atoms. The maximum atomic E-state index is 11.8. The molecule has 19 heavy (non-hydrogen) atoms. The average Bonchev–Trinajstić information content (AvgIpc) is 2.80. The van der Waals surface area contributed by atoms with Crippen molar-refractivity contribution >= 4 is 5.97 Å². The van der Waals surface area contributed by atoms with E-state index in [1.165, 1.54) is 25.7 Å². The van der Waals surface area contributed by atoms with Crippen molar-refractivity contribution in [2.24, 2.45) is 0 Å². The lowest BCUT2D eigenvalue weighted by Crippen LogP contribution is -2.51. The molecule has 1 aliphatic heterocycles. The standard InChI is InChI=1S/C15H28N2O2/c1-15(2,3)19-14(18)12-16-8-10-17(11-9-16)13-6-4-5-7-13/h13H,4-12H2,1-3H3. The van der Waals surface area contributed by atoms with Gasteiger partial charge in [-0.15, -0.1) is 0 Å². The van der Waals surface area contributed by atoms with Gasteiger partial charge in [-0.05, 0) is 33.6 Å². The summed E-state index contributed by atoms with van der Waals surface area (Å²) in [5, 5.41) is 0. The molecule has 2 rings (SSSR count). The largest absolute Gasteiger partial charge is 0.459 e. The third-order valence-electron chi connectivity index (χ3n) is 4.02. The van der Waals surface area contributed by atoms with E-state index in [0.717, 1.165) is 32.2 Å². The Morgan fingerprint density at radius 3 is 2.21 bits per heavy atom. The summed E-state index contributed by atoms with van der Waals surface area (Å²) in [6, 6.07) is 0.809. The molecule has 0 bridgehead atoms. The summed E-state index contributed by atoms with van der Waals surface area (Å²) in [5.41, 5.74) is -0.372. The Labute approximate surface area is 117 Å². The minimum Gasteiger partial charge on any atom is -0.459 e. The van der Waals surface area contributed by atoms with Crippen LogP contribution in [0.2, 0.25) is 0 Å². The van der Waals surface area contributed by atoms with E-state index >= 15 is 0 Å². The molecule has 0 unspecified atom stereocenters. The number of carbonyl (C=O) groups excluding carboxylic acids is 1. The Bertz CT molecular complexity index is 298. The molecule has 4 heteroatoms. The number of carbonyl (C=O) groups is 1. The molecular weight excluding hydrogens is 240 g/mol. The molecule has 2 fully saturated rings. The number of ether oxygens (including phenoxy) is 1. The lowest BCUT2D eigenvalue weighted by atomic mass is 10.2. The Morgan fingerprint density at radius 1 is 1.11 bits per heavy atom. The van der Waals surface area contributed by atoms with Gasteiger partial charge in [0.15, 0.2) is 0 Å². The first-order chi connectivity index (χ1) is 8.94. The van der Waals surface area contributed by atoms with E-state index in [1.54, 1.807) is 0 Å². The van der Waals surface area contributed by atoms with Crippen LogP contribution in [0, 0.1) is 0 Å². The van der Waals surface area contributed by atoms with E-state index in [2.05, 4.69) is 9.80 Å². The van der Waals surface area contributed by atoms with Crippen LogP contribution < -0.4 is 0 Å². The lowest BCUT2D eigenvalue weighted by molar-refractivity contribution is -0.156. The summed E-state index contributed by atoms with van der Waals surface area (Å²) in [4.78, 5) is 16.6. The summed E-state index contributed by atoms with van der Waals surface area (Å²) >= 11 is 0. The topological polar surface area (TPSA) is 32.8 Å². The van der Waals surface area contributed by atoms with E-state index in [4.69, 9.17) is 4.74 Å². The monoisotopic (exact) mass is 268 g/mol. The molecule has 4 nitrogen and oxygen atoms in total. The fourth-order valence-corrected chi connectivity index (χ4v) is 3.11. The molecule has 1 heterocycles. The number of nitrogens with zero attached hydrogens (tertiary/aromatic N) is 2. The molecule has 0 atom stereocenters. The molecule has 0 amide bonds. The fourth-order valence-electron chi connectivity index (χ4n) is 3.11. The molecule has 0 radical (unpaired) electrons. The first kappa shape index (κ1) is 14.8. The van der Waals surface area contributed by atoms with Crippen molar-refractivity contribution in [2.45, 2.75) is 58.1 Å². The molecule has 0 aromatic carbocycles. The number of esters is 1. The highest BCUT2D eigenvalue weighted by molar-refractivity contribution is 5.72. The fraction of sp³-hybridized carbons (Fsp3) is 0.933. The molecule has 1 saturated heterocycles. The van der Waals surface area contributed by atoms with Crippen LogP contribution in [-0.4, -0.2) is 60.1 Å². The smallest absolute Gasteiger partial charge is 0.320 e. The maximum absolute atomic E-state index is 11.8. The van der Waals surface area contributed by atoms with E-state index in [1.807, 2.05) is 20.8 Å². The number of piperazine rings is 1. The number of hydrogen-bond acceptors (Lipinski definition) is 4. The normalized spacial score (nSPS) is 23.7. The highest BCUT2D eigenvalue weighted by Gasteiger charge is 2.27. The highest BCUT2D eigenvalue weighted by Crippen LogP contribution is 2.24. The van der Waals surface area contributed by atoms with E-state index in [0.29, 0.717) is 6.54 Å². The average molecular weight is 268 g/mol. The van der Waals surface area contributed by atoms with Gasteiger partial charge in [0.2, 0.25) is 0 Å². The molecule has 0 N–H and O–H groups in total. The second-order valence-corrected chi connectivity index (χ2v) is 6.84. The van der Waals surface area contributed by atoms with Gasteiger partial charge in [-0.25, -0.2) is 0 Å².